The summed E-state index contributed by atoms with van der Waals surface area (Å²) < 4.78 is 0. The van der Waals surface area contributed by atoms with Gasteiger partial charge in [-0.2, -0.15) is 0 Å². The van der Waals surface area contributed by atoms with Gasteiger partial charge in [0.2, 0.25) is 0 Å². The van der Waals surface area contributed by atoms with E-state index in [1.165, 1.54) is 33.4 Å². The molecule has 16 heavy (non-hydrogen) atoms. The fourth-order valence-corrected chi connectivity index (χ4v) is 2.77. The van der Waals surface area contributed by atoms with Crippen LogP contribution < -0.4 is 0 Å². The molecule has 0 heteroatoms. The van der Waals surface area contributed by atoms with Crippen LogP contribution in [0.25, 0.3) is 22.3 Å². The minimum atomic E-state index is 1.13. The van der Waals surface area contributed by atoms with Crippen molar-refractivity contribution >= 4 is 0 Å². The fraction of sp³-hybridized carbons (Fsp3) is 0.250. The Bertz CT molecular complexity index is 498. The molecule has 3 rings (SSSR count). The molecule has 0 aromatic heterocycles. The van der Waals surface area contributed by atoms with Gasteiger partial charge < -0.3 is 0 Å². The monoisotopic (exact) mass is 208 g/mol. The van der Waals surface area contributed by atoms with E-state index in [4.69, 9.17) is 0 Å². The van der Waals surface area contributed by atoms with Crippen molar-refractivity contribution < 1.29 is 0 Å². The summed E-state index contributed by atoms with van der Waals surface area (Å²) in [7, 11) is 0. The number of aryl methyl sites for hydroxylation is 2. The van der Waals surface area contributed by atoms with E-state index < -0.39 is 0 Å². The van der Waals surface area contributed by atoms with E-state index in [-0.39, 0.29) is 0 Å². The van der Waals surface area contributed by atoms with Crippen molar-refractivity contribution in [3.63, 3.8) is 0 Å². The molecule has 2 aromatic rings. The largest absolute Gasteiger partial charge is 0.0613 e. The Morgan fingerprint density at radius 3 is 1.50 bits per heavy atom. The van der Waals surface area contributed by atoms with Gasteiger partial charge in [0.25, 0.3) is 0 Å². The van der Waals surface area contributed by atoms with Crippen LogP contribution in [0, 0.1) is 0 Å². The lowest BCUT2D eigenvalue weighted by atomic mass is 9.75. The van der Waals surface area contributed by atoms with Crippen LogP contribution in [0.1, 0.15) is 25.0 Å². The van der Waals surface area contributed by atoms with E-state index in [0.29, 0.717) is 0 Å². The molecular weight excluding hydrogens is 192 g/mol. The first kappa shape index (κ1) is 9.65. The molecule has 0 N–H and O–H groups in total. The smallest absolute Gasteiger partial charge is 0.00642 e. The summed E-state index contributed by atoms with van der Waals surface area (Å²) in [5, 5.41) is 0. The third-order valence-corrected chi connectivity index (χ3v) is 3.60. The highest BCUT2D eigenvalue weighted by Gasteiger charge is 2.25. The number of benzene rings is 2. The lowest BCUT2D eigenvalue weighted by molar-refractivity contribution is 1.11. The first-order valence-electron chi connectivity index (χ1n) is 6.11. The predicted octanol–water partition coefficient (Wildman–Crippen LogP) is 4.46. The highest BCUT2D eigenvalue weighted by atomic mass is 14.3. The van der Waals surface area contributed by atoms with Crippen LogP contribution >= 0.6 is 0 Å². The second-order valence-corrected chi connectivity index (χ2v) is 4.39. The molecule has 0 nitrogen and oxygen atoms in total. The zero-order valence-corrected chi connectivity index (χ0v) is 9.88. The van der Waals surface area contributed by atoms with Crippen LogP contribution in [-0.2, 0) is 12.8 Å². The maximum atomic E-state index is 2.26. The molecule has 0 saturated heterocycles. The Morgan fingerprint density at radius 2 is 1.12 bits per heavy atom. The lowest BCUT2D eigenvalue weighted by Gasteiger charge is -2.29. The average molecular weight is 208 g/mol. The van der Waals surface area contributed by atoms with Gasteiger partial charge in [-0.05, 0) is 46.2 Å². The summed E-state index contributed by atoms with van der Waals surface area (Å²) in [6, 6.07) is 13.4. The Hall–Kier alpha value is -1.56. The molecule has 2 aromatic carbocycles. The molecule has 0 amide bonds. The van der Waals surface area contributed by atoms with Gasteiger partial charge in [0.1, 0.15) is 0 Å². The first-order chi connectivity index (χ1) is 7.86. The van der Waals surface area contributed by atoms with Gasteiger partial charge in [-0.25, -0.2) is 0 Å². The van der Waals surface area contributed by atoms with Gasteiger partial charge in [0.15, 0.2) is 0 Å². The van der Waals surface area contributed by atoms with E-state index in [1.807, 2.05) is 0 Å². The molecule has 0 bridgehead atoms. The molecule has 80 valence electrons. The summed E-state index contributed by atoms with van der Waals surface area (Å²) in [4.78, 5) is 0. The Balaban J connectivity index is 2.27. The van der Waals surface area contributed by atoms with Crippen LogP contribution in [-0.4, -0.2) is 0 Å². The summed E-state index contributed by atoms with van der Waals surface area (Å²) in [6.07, 6.45) is 2.25. The molecule has 1 aliphatic carbocycles. The van der Waals surface area contributed by atoms with Crippen molar-refractivity contribution in [1.29, 1.82) is 0 Å². The van der Waals surface area contributed by atoms with Crippen molar-refractivity contribution in [2.45, 2.75) is 26.7 Å². The van der Waals surface area contributed by atoms with Crippen LogP contribution in [0.3, 0.4) is 0 Å². The van der Waals surface area contributed by atoms with Crippen molar-refractivity contribution in [3.8, 4) is 22.3 Å². The number of hydrogen-bond donors (Lipinski definition) is 0. The molecule has 0 unspecified atom stereocenters. The molecule has 0 heterocycles. The van der Waals surface area contributed by atoms with Crippen molar-refractivity contribution in [2.75, 3.05) is 0 Å². The summed E-state index contributed by atoms with van der Waals surface area (Å²) in [6.45, 7) is 4.48. The van der Waals surface area contributed by atoms with Crippen LogP contribution in [0.5, 0.6) is 0 Å². The minimum Gasteiger partial charge on any atom is -0.0613 e. The maximum absolute atomic E-state index is 2.26. The molecule has 0 atom stereocenters. The van der Waals surface area contributed by atoms with Crippen molar-refractivity contribution in [2.24, 2.45) is 0 Å². The second kappa shape index (κ2) is 3.48. The Labute approximate surface area is 96.9 Å². The van der Waals surface area contributed by atoms with Crippen LogP contribution in [0.2, 0.25) is 0 Å². The SMILES string of the molecule is CCc1cccc2c1-c1c(CC)cccc1-2. The zero-order valence-electron chi connectivity index (χ0n) is 9.88. The molecule has 0 radical (unpaired) electrons. The van der Waals surface area contributed by atoms with E-state index in [0.717, 1.165) is 12.8 Å². The zero-order chi connectivity index (χ0) is 11.1. The van der Waals surface area contributed by atoms with Crippen molar-refractivity contribution in [1.82, 2.24) is 0 Å². The van der Waals surface area contributed by atoms with Gasteiger partial charge in [-0.15, -0.1) is 0 Å². The topological polar surface area (TPSA) is 0 Å². The van der Waals surface area contributed by atoms with Gasteiger partial charge in [0.05, 0.1) is 0 Å². The van der Waals surface area contributed by atoms with Crippen LogP contribution in [0.15, 0.2) is 36.4 Å². The Morgan fingerprint density at radius 1 is 0.688 bits per heavy atom. The lowest BCUT2D eigenvalue weighted by Crippen LogP contribution is -2.05. The number of rotatable bonds is 2. The third-order valence-electron chi connectivity index (χ3n) is 3.60. The highest BCUT2D eigenvalue weighted by molar-refractivity contribution is 6.05. The summed E-state index contributed by atoms with van der Waals surface area (Å²) >= 11 is 0. The van der Waals surface area contributed by atoms with E-state index in [9.17, 15) is 0 Å². The third kappa shape index (κ3) is 1.10. The standard InChI is InChI=1S/C16H16/c1-3-11-7-5-9-13-14-10-6-8-12(4-2)16(14)15(11)13/h5-10H,3-4H2,1-2H3. The minimum absolute atomic E-state index is 1.13. The van der Waals surface area contributed by atoms with Crippen molar-refractivity contribution in [3.05, 3.63) is 47.5 Å². The molecule has 1 aliphatic rings. The molecule has 0 spiro atoms. The van der Waals surface area contributed by atoms with Crippen LogP contribution in [0.4, 0.5) is 0 Å². The predicted molar refractivity (Wildman–Crippen MR) is 69.6 cm³/mol. The molecule has 0 aliphatic heterocycles. The van der Waals surface area contributed by atoms with E-state index in [2.05, 4.69) is 50.2 Å². The van der Waals surface area contributed by atoms with E-state index in [1.54, 1.807) is 0 Å². The van der Waals surface area contributed by atoms with E-state index >= 15 is 0 Å². The van der Waals surface area contributed by atoms with Gasteiger partial charge in [-0.3, -0.25) is 0 Å². The first-order valence-corrected chi connectivity index (χ1v) is 6.11. The summed E-state index contributed by atoms with van der Waals surface area (Å²) in [5.74, 6) is 0. The maximum Gasteiger partial charge on any atom is -0.00642 e. The normalized spacial score (nSPS) is 11.6. The Kier molecular flexibility index (Phi) is 2.10. The van der Waals surface area contributed by atoms with Gasteiger partial charge in [0, 0.05) is 0 Å². The van der Waals surface area contributed by atoms with Gasteiger partial charge >= 0.3 is 0 Å². The number of fused-ring (bicyclic) bond motifs is 4. The fourth-order valence-electron chi connectivity index (χ4n) is 2.77. The summed E-state index contributed by atoms with van der Waals surface area (Å²) in [5.41, 5.74) is 8.90. The quantitative estimate of drug-likeness (QED) is 0.583. The average Bonchev–Trinajstić information content (AvgIpc) is 2.34. The number of hydrogen-bond acceptors (Lipinski definition) is 0. The van der Waals surface area contributed by atoms with Gasteiger partial charge in [-0.1, -0.05) is 50.2 Å². The molecule has 0 fully saturated rings. The molecule has 0 saturated carbocycles. The highest BCUT2D eigenvalue weighted by Crippen LogP contribution is 2.50. The second-order valence-electron chi connectivity index (χ2n) is 4.39. The molecular formula is C16H16.